The standard InChI is InChI=1S/C14H22N4O3/c1-17(12(19)5-8-18-11-15-10-16-18)14(9-13(20)21)6-3-2-4-7-14/h10-11H,2-9H2,1H3,(H,20,21). The van der Waals surface area contributed by atoms with E-state index in [1.165, 1.54) is 6.33 Å². The molecule has 116 valence electrons. The Morgan fingerprint density at radius 3 is 2.62 bits per heavy atom. The molecule has 1 saturated carbocycles. The molecule has 0 spiro atoms. The molecule has 1 amide bonds. The molecule has 0 atom stereocenters. The van der Waals surface area contributed by atoms with Gasteiger partial charge in [0.2, 0.25) is 5.91 Å². The highest BCUT2D eigenvalue weighted by atomic mass is 16.4. The number of aliphatic carboxylic acids is 1. The molecule has 1 aliphatic rings. The Labute approximate surface area is 124 Å². The number of carboxylic acids is 1. The second-order valence-corrected chi connectivity index (χ2v) is 5.72. The molecular formula is C14H22N4O3. The Bertz CT molecular complexity index is 480. The van der Waals surface area contributed by atoms with Crippen LogP contribution in [0.25, 0.3) is 0 Å². The largest absolute Gasteiger partial charge is 0.481 e. The minimum atomic E-state index is -0.840. The first-order valence-electron chi connectivity index (χ1n) is 7.34. The lowest BCUT2D eigenvalue weighted by Crippen LogP contribution is -2.52. The molecule has 0 aliphatic heterocycles. The van der Waals surface area contributed by atoms with Crippen molar-refractivity contribution < 1.29 is 14.7 Å². The van der Waals surface area contributed by atoms with Crippen LogP contribution >= 0.6 is 0 Å². The van der Waals surface area contributed by atoms with Gasteiger partial charge >= 0.3 is 5.97 Å². The van der Waals surface area contributed by atoms with Gasteiger partial charge in [0.05, 0.1) is 18.5 Å². The highest BCUT2D eigenvalue weighted by molar-refractivity contribution is 5.78. The number of carboxylic acid groups (broad SMARTS) is 1. The van der Waals surface area contributed by atoms with Crippen molar-refractivity contribution in [2.75, 3.05) is 7.05 Å². The van der Waals surface area contributed by atoms with Gasteiger partial charge in [-0.25, -0.2) is 4.98 Å². The number of aryl methyl sites for hydroxylation is 1. The Morgan fingerprint density at radius 2 is 2.05 bits per heavy atom. The van der Waals surface area contributed by atoms with E-state index in [0.29, 0.717) is 13.0 Å². The van der Waals surface area contributed by atoms with Gasteiger partial charge < -0.3 is 10.0 Å². The van der Waals surface area contributed by atoms with Gasteiger partial charge in [-0.3, -0.25) is 14.3 Å². The van der Waals surface area contributed by atoms with Crippen LogP contribution in [0.3, 0.4) is 0 Å². The summed E-state index contributed by atoms with van der Waals surface area (Å²) in [5, 5.41) is 13.1. The van der Waals surface area contributed by atoms with E-state index in [-0.39, 0.29) is 12.3 Å². The third-order valence-corrected chi connectivity index (χ3v) is 4.37. The van der Waals surface area contributed by atoms with Crippen molar-refractivity contribution in [3.63, 3.8) is 0 Å². The van der Waals surface area contributed by atoms with Crippen LogP contribution in [-0.4, -0.2) is 49.2 Å². The van der Waals surface area contributed by atoms with Crippen molar-refractivity contribution in [2.24, 2.45) is 0 Å². The molecule has 2 rings (SSSR count). The summed E-state index contributed by atoms with van der Waals surface area (Å²) in [7, 11) is 1.73. The van der Waals surface area contributed by atoms with Crippen molar-refractivity contribution in [1.29, 1.82) is 0 Å². The first-order chi connectivity index (χ1) is 10.0. The number of hydrogen-bond acceptors (Lipinski definition) is 4. The molecular weight excluding hydrogens is 272 g/mol. The molecule has 7 heteroatoms. The summed E-state index contributed by atoms with van der Waals surface area (Å²) in [6.07, 6.45) is 7.95. The zero-order valence-corrected chi connectivity index (χ0v) is 12.4. The molecule has 1 aromatic heterocycles. The molecule has 1 aromatic rings. The van der Waals surface area contributed by atoms with Gasteiger partial charge in [0.25, 0.3) is 0 Å². The fourth-order valence-corrected chi connectivity index (χ4v) is 3.11. The minimum Gasteiger partial charge on any atom is -0.481 e. The van der Waals surface area contributed by atoms with Gasteiger partial charge in [-0.1, -0.05) is 19.3 Å². The maximum absolute atomic E-state index is 12.4. The summed E-state index contributed by atoms with van der Waals surface area (Å²) < 4.78 is 1.61. The minimum absolute atomic E-state index is 0.0264. The average Bonchev–Trinajstić information content (AvgIpc) is 2.97. The predicted molar refractivity (Wildman–Crippen MR) is 75.5 cm³/mol. The average molecular weight is 294 g/mol. The zero-order chi connectivity index (χ0) is 15.3. The second kappa shape index (κ2) is 6.69. The van der Waals surface area contributed by atoms with Crippen LogP contribution < -0.4 is 0 Å². The van der Waals surface area contributed by atoms with Crippen LogP contribution in [0, 0.1) is 0 Å². The molecule has 1 N–H and O–H groups in total. The Hall–Kier alpha value is -1.92. The number of carbonyl (C=O) groups is 2. The third-order valence-electron chi connectivity index (χ3n) is 4.37. The summed E-state index contributed by atoms with van der Waals surface area (Å²) in [4.78, 5) is 29.1. The van der Waals surface area contributed by atoms with Crippen molar-refractivity contribution in [3.8, 4) is 0 Å². The van der Waals surface area contributed by atoms with Crippen LogP contribution in [0.15, 0.2) is 12.7 Å². The van der Waals surface area contributed by atoms with E-state index in [4.69, 9.17) is 0 Å². The van der Waals surface area contributed by atoms with E-state index in [2.05, 4.69) is 10.1 Å². The van der Waals surface area contributed by atoms with Crippen molar-refractivity contribution in [3.05, 3.63) is 12.7 Å². The number of hydrogen-bond donors (Lipinski definition) is 1. The number of nitrogens with zero attached hydrogens (tertiary/aromatic N) is 4. The van der Waals surface area contributed by atoms with Crippen LogP contribution in [-0.2, 0) is 16.1 Å². The Kier molecular flexibility index (Phi) is 4.93. The van der Waals surface area contributed by atoms with Gasteiger partial charge in [-0.15, -0.1) is 0 Å². The molecule has 21 heavy (non-hydrogen) atoms. The summed E-state index contributed by atoms with van der Waals surface area (Å²) >= 11 is 0. The Morgan fingerprint density at radius 1 is 1.33 bits per heavy atom. The fourth-order valence-electron chi connectivity index (χ4n) is 3.11. The number of rotatable bonds is 6. The van der Waals surface area contributed by atoms with Gasteiger partial charge in [0.15, 0.2) is 0 Å². The van der Waals surface area contributed by atoms with E-state index < -0.39 is 11.5 Å². The fraction of sp³-hybridized carbons (Fsp3) is 0.714. The lowest BCUT2D eigenvalue weighted by atomic mass is 9.78. The summed E-state index contributed by atoms with van der Waals surface area (Å²) in [5.74, 6) is -0.874. The maximum Gasteiger partial charge on any atom is 0.305 e. The number of amides is 1. The van der Waals surface area contributed by atoms with Crippen molar-refractivity contribution >= 4 is 11.9 Å². The molecule has 0 bridgehead atoms. The molecule has 0 aromatic carbocycles. The smallest absolute Gasteiger partial charge is 0.305 e. The van der Waals surface area contributed by atoms with E-state index in [1.54, 1.807) is 23.0 Å². The monoisotopic (exact) mass is 294 g/mol. The first kappa shape index (κ1) is 15.5. The van der Waals surface area contributed by atoms with Crippen molar-refractivity contribution in [2.45, 2.75) is 57.0 Å². The molecule has 1 aliphatic carbocycles. The van der Waals surface area contributed by atoms with Crippen molar-refractivity contribution in [1.82, 2.24) is 19.7 Å². The number of carbonyl (C=O) groups excluding carboxylic acids is 1. The lowest BCUT2D eigenvalue weighted by molar-refractivity contribution is -0.146. The molecule has 1 fully saturated rings. The van der Waals surface area contributed by atoms with E-state index in [1.807, 2.05) is 0 Å². The maximum atomic E-state index is 12.4. The second-order valence-electron chi connectivity index (χ2n) is 5.72. The molecule has 1 heterocycles. The molecule has 7 nitrogen and oxygen atoms in total. The van der Waals surface area contributed by atoms with Crippen LogP contribution in [0.2, 0.25) is 0 Å². The zero-order valence-electron chi connectivity index (χ0n) is 12.4. The van der Waals surface area contributed by atoms with E-state index in [0.717, 1.165) is 32.1 Å². The van der Waals surface area contributed by atoms with Gasteiger partial charge in [0, 0.05) is 13.5 Å². The Balaban J connectivity index is 2.00. The highest BCUT2D eigenvalue weighted by Gasteiger charge is 2.40. The summed E-state index contributed by atoms with van der Waals surface area (Å²) in [6, 6.07) is 0. The van der Waals surface area contributed by atoms with Crippen LogP contribution in [0.4, 0.5) is 0 Å². The highest BCUT2D eigenvalue weighted by Crippen LogP contribution is 2.36. The first-order valence-corrected chi connectivity index (χ1v) is 7.34. The predicted octanol–water partition coefficient (Wildman–Crippen LogP) is 1.30. The molecule has 0 saturated heterocycles. The van der Waals surface area contributed by atoms with E-state index >= 15 is 0 Å². The molecule has 0 unspecified atom stereocenters. The van der Waals surface area contributed by atoms with E-state index in [9.17, 15) is 14.7 Å². The third kappa shape index (κ3) is 3.80. The molecule has 0 radical (unpaired) electrons. The topological polar surface area (TPSA) is 88.3 Å². The lowest BCUT2D eigenvalue weighted by Gasteiger charge is -2.44. The summed E-state index contributed by atoms with van der Waals surface area (Å²) in [5.41, 5.74) is -0.524. The van der Waals surface area contributed by atoms with Gasteiger partial charge in [0.1, 0.15) is 12.7 Å². The SMILES string of the molecule is CN(C(=O)CCn1cncn1)C1(CC(=O)O)CCCCC1. The van der Waals surface area contributed by atoms with Crippen LogP contribution in [0.5, 0.6) is 0 Å². The summed E-state index contributed by atoms with van der Waals surface area (Å²) in [6.45, 7) is 0.465. The normalized spacial score (nSPS) is 17.4. The quantitative estimate of drug-likeness (QED) is 0.854. The van der Waals surface area contributed by atoms with Gasteiger partial charge in [-0.05, 0) is 12.8 Å². The number of aromatic nitrogens is 3. The van der Waals surface area contributed by atoms with Crippen LogP contribution in [0.1, 0.15) is 44.9 Å². The van der Waals surface area contributed by atoms with Gasteiger partial charge in [-0.2, -0.15) is 5.10 Å².